The third-order valence-corrected chi connectivity index (χ3v) is 4.21. The maximum Gasteiger partial charge on any atom is 0.303 e. The third-order valence-electron chi connectivity index (χ3n) is 4.21. The molecule has 1 aromatic rings. The van der Waals surface area contributed by atoms with Crippen LogP contribution in [0.25, 0.3) is 0 Å². The van der Waals surface area contributed by atoms with Gasteiger partial charge in [0.25, 0.3) is 0 Å². The topological polar surface area (TPSA) is 66.4 Å². The van der Waals surface area contributed by atoms with E-state index in [1.165, 1.54) is 0 Å². The SMILES string of the molecule is CC1(C)CC1C(=O)NC(CCC(=O)O)Cc1ccccc1. The molecule has 2 atom stereocenters. The van der Waals surface area contributed by atoms with Gasteiger partial charge in [-0.2, -0.15) is 0 Å². The number of nitrogens with one attached hydrogen (secondary N) is 1. The van der Waals surface area contributed by atoms with Gasteiger partial charge in [-0.25, -0.2) is 0 Å². The van der Waals surface area contributed by atoms with E-state index in [-0.39, 0.29) is 29.7 Å². The molecule has 4 nitrogen and oxygen atoms in total. The number of carboxylic acids is 1. The number of hydrogen-bond donors (Lipinski definition) is 2. The lowest BCUT2D eigenvalue weighted by Gasteiger charge is -2.19. The Balaban J connectivity index is 1.95. The van der Waals surface area contributed by atoms with Crippen molar-refractivity contribution in [3.05, 3.63) is 35.9 Å². The Hall–Kier alpha value is -1.84. The van der Waals surface area contributed by atoms with Gasteiger partial charge in [0.2, 0.25) is 5.91 Å². The molecule has 1 saturated carbocycles. The molecule has 2 unspecified atom stereocenters. The van der Waals surface area contributed by atoms with Crippen LogP contribution in [0, 0.1) is 11.3 Å². The first-order valence-electron chi connectivity index (χ1n) is 7.44. The number of carbonyl (C=O) groups is 2. The molecule has 1 fully saturated rings. The summed E-state index contributed by atoms with van der Waals surface area (Å²) in [6.45, 7) is 4.17. The lowest BCUT2D eigenvalue weighted by molar-refractivity contribution is -0.137. The first-order valence-corrected chi connectivity index (χ1v) is 7.44. The van der Waals surface area contributed by atoms with E-state index in [9.17, 15) is 9.59 Å². The van der Waals surface area contributed by atoms with Gasteiger partial charge in [0.15, 0.2) is 0 Å². The summed E-state index contributed by atoms with van der Waals surface area (Å²) in [5.74, 6) is -0.694. The molecule has 0 radical (unpaired) electrons. The van der Waals surface area contributed by atoms with Crippen molar-refractivity contribution in [1.82, 2.24) is 5.32 Å². The molecule has 1 aliphatic rings. The van der Waals surface area contributed by atoms with E-state index in [0.717, 1.165) is 12.0 Å². The predicted octanol–water partition coefficient (Wildman–Crippen LogP) is 2.62. The van der Waals surface area contributed by atoms with Crippen molar-refractivity contribution in [2.24, 2.45) is 11.3 Å². The van der Waals surface area contributed by atoms with E-state index in [4.69, 9.17) is 5.11 Å². The van der Waals surface area contributed by atoms with Crippen molar-refractivity contribution >= 4 is 11.9 Å². The van der Waals surface area contributed by atoms with Gasteiger partial charge in [-0.3, -0.25) is 9.59 Å². The molecule has 0 saturated heterocycles. The van der Waals surface area contributed by atoms with Crippen LogP contribution in [0.4, 0.5) is 0 Å². The van der Waals surface area contributed by atoms with Crippen LogP contribution in [0.5, 0.6) is 0 Å². The van der Waals surface area contributed by atoms with Crippen LogP contribution in [-0.2, 0) is 16.0 Å². The van der Waals surface area contributed by atoms with E-state index in [1.807, 2.05) is 30.3 Å². The number of aliphatic carboxylic acids is 1. The zero-order valence-corrected chi connectivity index (χ0v) is 12.6. The fourth-order valence-corrected chi connectivity index (χ4v) is 2.64. The smallest absolute Gasteiger partial charge is 0.303 e. The van der Waals surface area contributed by atoms with Gasteiger partial charge >= 0.3 is 5.97 Å². The maximum absolute atomic E-state index is 12.2. The number of carbonyl (C=O) groups excluding carboxylic acids is 1. The number of benzene rings is 1. The molecule has 0 spiro atoms. The van der Waals surface area contributed by atoms with Crippen LogP contribution < -0.4 is 5.32 Å². The Morgan fingerprint density at radius 1 is 1.33 bits per heavy atom. The van der Waals surface area contributed by atoms with Gasteiger partial charge in [0, 0.05) is 18.4 Å². The minimum Gasteiger partial charge on any atom is -0.481 e. The van der Waals surface area contributed by atoms with Crippen molar-refractivity contribution in [1.29, 1.82) is 0 Å². The van der Waals surface area contributed by atoms with E-state index in [0.29, 0.717) is 12.8 Å². The minimum atomic E-state index is -0.825. The molecule has 0 bridgehead atoms. The molecule has 1 amide bonds. The molecule has 1 aromatic carbocycles. The predicted molar refractivity (Wildman–Crippen MR) is 80.8 cm³/mol. The zero-order chi connectivity index (χ0) is 15.5. The molecule has 2 rings (SSSR count). The number of hydrogen-bond acceptors (Lipinski definition) is 2. The van der Waals surface area contributed by atoms with Crippen LogP contribution >= 0.6 is 0 Å². The summed E-state index contributed by atoms with van der Waals surface area (Å²) in [5, 5.41) is 11.9. The standard InChI is InChI=1S/C17H23NO3/c1-17(2)11-14(17)16(21)18-13(8-9-15(19)20)10-12-6-4-3-5-7-12/h3-7,13-14H,8-11H2,1-2H3,(H,18,21)(H,19,20). The third kappa shape index (κ3) is 4.59. The van der Waals surface area contributed by atoms with Crippen LogP contribution in [0.3, 0.4) is 0 Å². The van der Waals surface area contributed by atoms with Crippen LogP contribution in [0.2, 0.25) is 0 Å². The van der Waals surface area contributed by atoms with Crippen LogP contribution in [0.15, 0.2) is 30.3 Å². The summed E-state index contributed by atoms with van der Waals surface area (Å²) < 4.78 is 0. The number of amides is 1. The number of rotatable bonds is 7. The second-order valence-electron chi connectivity index (χ2n) is 6.57. The maximum atomic E-state index is 12.2. The highest BCUT2D eigenvalue weighted by atomic mass is 16.4. The van der Waals surface area contributed by atoms with Gasteiger partial charge in [-0.05, 0) is 30.2 Å². The fourth-order valence-electron chi connectivity index (χ4n) is 2.64. The summed E-state index contributed by atoms with van der Waals surface area (Å²) in [7, 11) is 0. The molecule has 4 heteroatoms. The largest absolute Gasteiger partial charge is 0.481 e. The molecule has 0 aliphatic heterocycles. The molecule has 0 heterocycles. The summed E-state index contributed by atoms with van der Waals surface area (Å²) in [5.41, 5.74) is 1.21. The van der Waals surface area contributed by atoms with Crippen molar-refractivity contribution in [3.8, 4) is 0 Å². The van der Waals surface area contributed by atoms with E-state index in [1.54, 1.807) is 0 Å². The van der Waals surface area contributed by atoms with Crippen molar-refractivity contribution in [2.75, 3.05) is 0 Å². The molecule has 1 aliphatic carbocycles. The van der Waals surface area contributed by atoms with Gasteiger partial charge in [-0.1, -0.05) is 44.2 Å². The lowest BCUT2D eigenvalue weighted by atomic mass is 10.0. The Labute approximate surface area is 125 Å². The summed E-state index contributed by atoms with van der Waals surface area (Å²) in [6, 6.07) is 9.74. The fraction of sp³-hybridized carbons (Fsp3) is 0.529. The quantitative estimate of drug-likeness (QED) is 0.811. The monoisotopic (exact) mass is 289 g/mol. The van der Waals surface area contributed by atoms with Gasteiger partial charge in [0.05, 0.1) is 0 Å². The number of carboxylic acid groups (broad SMARTS) is 1. The molecular weight excluding hydrogens is 266 g/mol. The molecule has 114 valence electrons. The normalized spacial score (nSPS) is 20.6. The average Bonchev–Trinajstić information content (AvgIpc) is 3.06. The summed E-state index contributed by atoms with van der Waals surface area (Å²) in [6.07, 6.45) is 2.12. The van der Waals surface area contributed by atoms with Crippen molar-refractivity contribution in [2.45, 2.75) is 45.6 Å². The van der Waals surface area contributed by atoms with Crippen molar-refractivity contribution in [3.63, 3.8) is 0 Å². The van der Waals surface area contributed by atoms with E-state index >= 15 is 0 Å². The van der Waals surface area contributed by atoms with E-state index in [2.05, 4.69) is 19.2 Å². The highest BCUT2D eigenvalue weighted by molar-refractivity contribution is 5.82. The highest BCUT2D eigenvalue weighted by Crippen LogP contribution is 2.51. The lowest BCUT2D eigenvalue weighted by Crippen LogP contribution is -2.38. The van der Waals surface area contributed by atoms with Crippen molar-refractivity contribution < 1.29 is 14.7 Å². The molecule has 0 aromatic heterocycles. The average molecular weight is 289 g/mol. The minimum absolute atomic E-state index is 0.0614. The Morgan fingerprint density at radius 2 is 1.95 bits per heavy atom. The first kappa shape index (κ1) is 15.5. The van der Waals surface area contributed by atoms with Crippen LogP contribution in [-0.4, -0.2) is 23.0 Å². The summed E-state index contributed by atoms with van der Waals surface area (Å²) >= 11 is 0. The first-order chi connectivity index (χ1) is 9.88. The highest BCUT2D eigenvalue weighted by Gasteiger charge is 2.50. The Kier molecular flexibility index (Phi) is 4.66. The van der Waals surface area contributed by atoms with Crippen LogP contribution in [0.1, 0.15) is 38.7 Å². The van der Waals surface area contributed by atoms with Gasteiger partial charge in [0.1, 0.15) is 0 Å². The summed E-state index contributed by atoms with van der Waals surface area (Å²) in [4.78, 5) is 23.0. The van der Waals surface area contributed by atoms with Gasteiger partial charge in [-0.15, -0.1) is 0 Å². The van der Waals surface area contributed by atoms with E-state index < -0.39 is 5.97 Å². The molecule has 2 N–H and O–H groups in total. The molecular formula is C17H23NO3. The Bertz CT molecular complexity index is 510. The Morgan fingerprint density at radius 3 is 2.48 bits per heavy atom. The molecule has 21 heavy (non-hydrogen) atoms. The van der Waals surface area contributed by atoms with Gasteiger partial charge < -0.3 is 10.4 Å². The zero-order valence-electron chi connectivity index (χ0n) is 12.6. The second kappa shape index (κ2) is 6.29. The second-order valence-corrected chi connectivity index (χ2v) is 6.57.